The first-order chi connectivity index (χ1) is 15.3. The van der Waals surface area contributed by atoms with Crippen molar-refractivity contribution >= 4 is 17.1 Å². The van der Waals surface area contributed by atoms with Gasteiger partial charge in [-0.1, -0.05) is 0 Å². The molecule has 0 saturated carbocycles. The highest BCUT2D eigenvalue weighted by Gasteiger charge is 2.31. The molecule has 1 aromatic carbocycles. The first-order valence-corrected chi connectivity index (χ1v) is 10.2. The molecule has 1 amide bonds. The number of hydrogen-bond donors (Lipinski definition) is 1. The van der Waals surface area contributed by atoms with Crippen LogP contribution in [0.15, 0.2) is 36.5 Å². The largest absolute Gasteiger partial charge is 0.573 e. The molecular weight excluding hydrogens is 439 g/mol. The SMILES string of the molecule is CN(C)Cc1ccnc2c1c(CNC(=O)OC(C)(C)C)nn2-c1ccc(OC(F)(F)F)cc1. The summed E-state index contributed by atoms with van der Waals surface area (Å²) in [5.74, 6) is -0.337. The van der Waals surface area contributed by atoms with Crippen LogP contribution in [0.25, 0.3) is 16.7 Å². The van der Waals surface area contributed by atoms with E-state index < -0.39 is 18.1 Å². The zero-order chi connectivity index (χ0) is 24.4. The number of nitrogens with zero attached hydrogens (tertiary/aromatic N) is 4. The molecule has 0 atom stereocenters. The van der Waals surface area contributed by atoms with Crippen molar-refractivity contribution in [1.82, 2.24) is 25.0 Å². The van der Waals surface area contributed by atoms with E-state index in [-0.39, 0.29) is 12.3 Å². The second-order valence-corrected chi connectivity index (χ2v) is 8.66. The number of carbonyl (C=O) groups is 1. The maximum absolute atomic E-state index is 12.5. The number of halogens is 3. The number of nitrogens with one attached hydrogen (secondary N) is 1. The third-order valence-corrected chi connectivity index (χ3v) is 4.33. The molecule has 0 radical (unpaired) electrons. The minimum Gasteiger partial charge on any atom is -0.444 e. The lowest BCUT2D eigenvalue weighted by molar-refractivity contribution is -0.274. The molecule has 0 aliphatic heterocycles. The predicted octanol–water partition coefficient (Wildman–Crippen LogP) is 4.41. The number of aromatic nitrogens is 3. The van der Waals surface area contributed by atoms with Crippen LogP contribution >= 0.6 is 0 Å². The number of fused-ring (bicyclic) bond motifs is 1. The van der Waals surface area contributed by atoms with Crippen LogP contribution in [0.1, 0.15) is 32.0 Å². The van der Waals surface area contributed by atoms with Gasteiger partial charge in [-0.3, -0.25) is 0 Å². The molecule has 0 aliphatic rings. The zero-order valence-electron chi connectivity index (χ0n) is 19.0. The lowest BCUT2D eigenvalue weighted by Crippen LogP contribution is -2.32. The van der Waals surface area contributed by atoms with Gasteiger partial charge in [0.1, 0.15) is 11.4 Å². The molecule has 2 aromatic heterocycles. The van der Waals surface area contributed by atoms with E-state index >= 15 is 0 Å². The van der Waals surface area contributed by atoms with Crippen molar-refractivity contribution in [2.24, 2.45) is 0 Å². The third-order valence-electron chi connectivity index (χ3n) is 4.33. The summed E-state index contributed by atoms with van der Waals surface area (Å²) in [6.45, 7) is 5.98. The van der Waals surface area contributed by atoms with Gasteiger partial charge >= 0.3 is 12.5 Å². The first-order valence-electron chi connectivity index (χ1n) is 10.2. The molecule has 0 unspecified atom stereocenters. The molecule has 0 spiro atoms. The molecule has 33 heavy (non-hydrogen) atoms. The molecule has 3 rings (SSSR count). The Hall–Kier alpha value is -3.34. The number of pyridine rings is 1. The molecule has 8 nitrogen and oxygen atoms in total. The van der Waals surface area contributed by atoms with Crippen molar-refractivity contribution in [3.8, 4) is 11.4 Å². The van der Waals surface area contributed by atoms with Crippen molar-refractivity contribution in [3.63, 3.8) is 0 Å². The minimum atomic E-state index is -4.77. The van der Waals surface area contributed by atoms with E-state index in [4.69, 9.17) is 4.74 Å². The highest BCUT2D eigenvalue weighted by atomic mass is 19.4. The molecule has 0 bridgehead atoms. The summed E-state index contributed by atoms with van der Waals surface area (Å²) >= 11 is 0. The van der Waals surface area contributed by atoms with Crippen molar-refractivity contribution in [2.45, 2.75) is 45.8 Å². The van der Waals surface area contributed by atoms with Gasteiger partial charge in [-0.15, -0.1) is 13.2 Å². The summed E-state index contributed by atoms with van der Waals surface area (Å²) in [4.78, 5) is 18.6. The highest BCUT2D eigenvalue weighted by Crippen LogP contribution is 2.27. The number of carbonyl (C=O) groups excluding carboxylic acids is 1. The second kappa shape index (κ2) is 9.26. The highest BCUT2D eigenvalue weighted by molar-refractivity contribution is 5.84. The van der Waals surface area contributed by atoms with E-state index in [0.29, 0.717) is 23.6 Å². The Balaban J connectivity index is 1.99. The van der Waals surface area contributed by atoms with Crippen LogP contribution in [0.3, 0.4) is 0 Å². The minimum absolute atomic E-state index is 0.0831. The number of rotatable bonds is 6. The van der Waals surface area contributed by atoms with Gasteiger partial charge in [0.05, 0.1) is 17.9 Å². The Morgan fingerprint density at radius 1 is 1.12 bits per heavy atom. The summed E-state index contributed by atoms with van der Waals surface area (Å²) in [5, 5.41) is 8.06. The second-order valence-electron chi connectivity index (χ2n) is 8.66. The number of hydrogen-bond acceptors (Lipinski definition) is 6. The average molecular weight is 465 g/mol. The van der Waals surface area contributed by atoms with Crippen LogP contribution < -0.4 is 10.1 Å². The molecule has 11 heteroatoms. The number of alkyl carbamates (subject to hydrolysis) is 1. The molecule has 0 aliphatic carbocycles. The number of benzene rings is 1. The molecule has 0 saturated heterocycles. The van der Waals surface area contributed by atoms with Crippen LogP contribution in [0, 0.1) is 0 Å². The lowest BCUT2D eigenvalue weighted by Gasteiger charge is -2.19. The van der Waals surface area contributed by atoms with E-state index in [1.807, 2.05) is 25.1 Å². The monoisotopic (exact) mass is 465 g/mol. The molecule has 3 aromatic rings. The lowest BCUT2D eigenvalue weighted by atomic mass is 10.1. The molecule has 178 valence electrons. The Bertz CT molecular complexity index is 1120. The summed E-state index contributed by atoms with van der Waals surface area (Å²) in [6, 6.07) is 7.20. The van der Waals surface area contributed by atoms with Gasteiger partial charge < -0.3 is 19.7 Å². The first kappa shape index (κ1) is 24.3. The fraction of sp³-hybridized carbons (Fsp3) is 0.409. The smallest absolute Gasteiger partial charge is 0.444 e. The van der Waals surface area contributed by atoms with Crippen LogP contribution in [0.5, 0.6) is 5.75 Å². The van der Waals surface area contributed by atoms with E-state index in [0.717, 1.165) is 10.9 Å². The van der Waals surface area contributed by atoms with E-state index in [1.165, 1.54) is 28.9 Å². The van der Waals surface area contributed by atoms with E-state index in [9.17, 15) is 18.0 Å². The fourth-order valence-corrected chi connectivity index (χ4v) is 3.22. The van der Waals surface area contributed by atoms with Crippen molar-refractivity contribution in [1.29, 1.82) is 0 Å². The van der Waals surface area contributed by atoms with Gasteiger partial charge in [0.15, 0.2) is 5.65 Å². The molecular formula is C22H26F3N5O3. The normalized spacial score (nSPS) is 12.3. The predicted molar refractivity (Wildman–Crippen MR) is 116 cm³/mol. The Labute approximate surface area is 189 Å². The molecule has 0 fully saturated rings. The molecule has 2 heterocycles. The fourth-order valence-electron chi connectivity index (χ4n) is 3.22. The molecule has 1 N–H and O–H groups in total. The zero-order valence-corrected chi connectivity index (χ0v) is 19.0. The van der Waals surface area contributed by atoms with Crippen molar-refractivity contribution in [2.75, 3.05) is 14.1 Å². The number of amides is 1. The summed E-state index contributed by atoms with van der Waals surface area (Å²) < 4.78 is 48.2. The van der Waals surface area contributed by atoms with Gasteiger partial charge in [0.2, 0.25) is 0 Å². The summed E-state index contributed by atoms with van der Waals surface area (Å²) in [7, 11) is 3.85. The van der Waals surface area contributed by atoms with Gasteiger partial charge in [0, 0.05) is 18.1 Å². The van der Waals surface area contributed by atoms with Crippen molar-refractivity contribution in [3.05, 3.63) is 47.8 Å². The van der Waals surface area contributed by atoms with Gasteiger partial charge in [-0.25, -0.2) is 14.5 Å². The van der Waals surface area contributed by atoms with Crippen LogP contribution in [0.2, 0.25) is 0 Å². The standard InChI is InChI=1S/C22H26F3N5O3/c1-21(2,3)33-20(31)27-12-17-18-14(13-29(4)5)10-11-26-19(18)30(28-17)15-6-8-16(9-7-15)32-22(23,24)25/h6-11H,12-13H2,1-5H3,(H,27,31). The van der Waals surface area contributed by atoms with Gasteiger partial charge in [-0.2, -0.15) is 5.10 Å². The van der Waals surface area contributed by atoms with Crippen LogP contribution in [-0.2, 0) is 17.8 Å². The van der Waals surface area contributed by atoms with E-state index in [1.54, 1.807) is 27.0 Å². The Morgan fingerprint density at radius 2 is 1.79 bits per heavy atom. The van der Waals surface area contributed by atoms with Crippen LogP contribution in [-0.4, -0.2) is 51.8 Å². The van der Waals surface area contributed by atoms with Crippen molar-refractivity contribution < 1.29 is 27.4 Å². The maximum Gasteiger partial charge on any atom is 0.573 e. The van der Waals surface area contributed by atoms with Crippen LogP contribution in [0.4, 0.5) is 18.0 Å². The average Bonchev–Trinajstić information content (AvgIpc) is 3.04. The summed E-state index contributed by atoms with van der Waals surface area (Å²) in [5.41, 5.74) is 1.85. The number of alkyl halides is 3. The quantitative estimate of drug-likeness (QED) is 0.581. The Morgan fingerprint density at radius 3 is 2.36 bits per heavy atom. The third kappa shape index (κ3) is 6.58. The maximum atomic E-state index is 12.5. The van der Waals surface area contributed by atoms with Gasteiger partial charge in [0.25, 0.3) is 0 Å². The number of ether oxygens (including phenoxy) is 2. The van der Waals surface area contributed by atoms with E-state index in [2.05, 4.69) is 20.1 Å². The Kier molecular flexibility index (Phi) is 6.82. The van der Waals surface area contributed by atoms with Gasteiger partial charge in [-0.05, 0) is 70.8 Å². The topological polar surface area (TPSA) is 81.5 Å². The summed E-state index contributed by atoms with van der Waals surface area (Å²) in [6.07, 6.45) is -3.72.